The number of hydrogen-bond donors (Lipinski definition) is 1. The Morgan fingerprint density at radius 3 is 2.55 bits per heavy atom. The van der Waals surface area contributed by atoms with Crippen LogP contribution in [0.1, 0.15) is 37.3 Å². The zero-order chi connectivity index (χ0) is 23.8. The molecular formula is C26H30N2O5. The van der Waals surface area contributed by atoms with Crippen molar-refractivity contribution in [2.24, 2.45) is 5.92 Å². The van der Waals surface area contributed by atoms with Crippen LogP contribution in [0.5, 0.6) is 5.75 Å². The van der Waals surface area contributed by atoms with Gasteiger partial charge in [0.25, 0.3) is 0 Å². The van der Waals surface area contributed by atoms with Gasteiger partial charge in [0.15, 0.2) is 0 Å². The first-order valence-corrected chi connectivity index (χ1v) is 11.1. The second kappa shape index (κ2) is 11.3. The number of methoxy groups -OCH3 is 1. The number of hydrogen-bond acceptors (Lipinski definition) is 6. The number of carbonyl (C=O) groups is 2. The monoisotopic (exact) mass is 450 g/mol. The van der Waals surface area contributed by atoms with Crippen molar-refractivity contribution in [3.63, 3.8) is 0 Å². The van der Waals surface area contributed by atoms with Gasteiger partial charge in [0.05, 0.1) is 37.4 Å². The van der Waals surface area contributed by atoms with E-state index in [2.05, 4.69) is 10.3 Å². The molecule has 2 aromatic carbocycles. The number of esters is 1. The second-order valence-corrected chi connectivity index (χ2v) is 7.71. The van der Waals surface area contributed by atoms with Crippen molar-refractivity contribution in [3.05, 3.63) is 65.5 Å². The Bertz CT molecular complexity index is 1090. The number of ether oxygens (including phenoxy) is 2. The molecule has 1 aromatic heterocycles. The van der Waals surface area contributed by atoms with Crippen LogP contribution in [0.2, 0.25) is 0 Å². The van der Waals surface area contributed by atoms with E-state index in [4.69, 9.17) is 13.9 Å². The summed E-state index contributed by atoms with van der Waals surface area (Å²) in [6, 6.07) is 15.1. The highest BCUT2D eigenvalue weighted by Crippen LogP contribution is 2.28. The van der Waals surface area contributed by atoms with Crippen molar-refractivity contribution in [1.82, 2.24) is 4.98 Å². The van der Waals surface area contributed by atoms with Crippen molar-refractivity contribution < 1.29 is 23.5 Å². The molecule has 7 nitrogen and oxygen atoms in total. The molecule has 1 atom stereocenters. The van der Waals surface area contributed by atoms with Crippen LogP contribution in [-0.2, 0) is 27.2 Å². The third kappa shape index (κ3) is 6.22. The average molecular weight is 451 g/mol. The predicted molar refractivity (Wildman–Crippen MR) is 126 cm³/mol. The van der Waals surface area contributed by atoms with Gasteiger partial charge in [-0.2, -0.15) is 0 Å². The molecule has 0 spiro atoms. The van der Waals surface area contributed by atoms with E-state index in [1.807, 2.05) is 49.4 Å². The second-order valence-electron chi connectivity index (χ2n) is 7.71. The summed E-state index contributed by atoms with van der Waals surface area (Å²) in [6.07, 6.45) is 1.25. The minimum Gasteiger partial charge on any atom is -0.495 e. The maximum Gasteiger partial charge on any atom is 0.309 e. The van der Waals surface area contributed by atoms with Gasteiger partial charge >= 0.3 is 5.97 Å². The van der Waals surface area contributed by atoms with E-state index in [0.717, 1.165) is 11.1 Å². The highest BCUT2D eigenvalue weighted by atomic mass is 16.5. The summed E-state index contributed by atoms with van der Waals surface area (Å²) in [7, 11) is 1.55. The van der Waals surface area contributed by atoms with E-state index in [1.165, 1.54) is 0 Å². The Balaban J connectivity index is 1.73. The number of oxazole rings is 1. The Morgan fingerprint density at radius 1 is 1.12 bits per heavy atom. The summed E-state index contributed by atoms with van der Waals surface area (Å²) in [4.78, 5) is 29.5. The number of aromatic nitrogens is 1. The third-order valence-corrected chi connectivity index (χ3v) is 5.37. The highest BCUT2D eigenvalue weighted by Gasteiger charge is 2.20. The molecule has 1 heterocycles. The molecule has 1 amide bonds. The number of nitrogens with zero attached hydrogens (tertiary/aromatic N) is 1. The van der Waals surface area contributed by atoms with Gasteiger partial charge in [-0.25, -0.2) is 4.98 Å². The van der Waals surface area contributed by atoms with Crippen molar-refractivity contribution >= 4 is 17.6 Å². The fraction of sp³-hybridized carbons (Fsp3) is 0.346. The number of rotatable bonds is 10. The third-order valence-electron chi connectivity index (χ3n) is 5.37. The Labute approximate surface area is 194 Å². The van der Waals surface area contributed by atoms with Crippen LogP contribution in [0.15, 0.2) is 52.9 Å². The van der Waals surface area contributed by atoms with Gasteiger partial charge in [-0.3, -0.25) is 9.59 Å². The average Bonchev–Trinajstić information content (AvgIpc) is 3.18. The number of aryl methyl sites for hydroxylation is 1. The first-order valence-electron chi connectivity index (χ1n) is 11.1. The molecule has 3 rings (SSSR count). The number of anilines is 1. The fourth-order valence-corrected chi connectivity index (χ4v) is 3.56. The minimum atomic E-state index is -0.240. The summed E-state index contributed by atoms with van der Waals surface area (Å²) < 4.78 is 16.3. The molecule has 0 aliphatic rings. The SMILES string of the molecule is CCOC(=O)C(CC)Cc1ccc(OC)c(NC(=O)Cc2nc(-c3ccccc3)oc2C)c1. The Kier molecular flexibility index (Phi) is 8.24. The van der Waals surface area contributed by atoms with Crippen LogP contribution < -0.4 is 10.1 Å². The lowest BCUT2D eigenvalue weighted by atomic mass is 9.96. The van der Waals surface area contributed by atoms with Crippen LogP contribution in [0, 0.1) is 12.8 Å². The van der Waals surface area contributed by atoms with E-state index < -0.39 is 0 Å². The molecule has 1 N–H and O–H groups in total. The number of amides is 1. The van der Waals surface area contributed by atoms with Gasteiger partial charge in [0.1, 0.15) is 11.5 Å². The quantitative estimate of drug-likeness (QED) is 0.439. The first-order chi connectivity index (χ1) is 15.9. The fourth-order valence-electron chi connectivity index (χ4n) is 3.56. The van der Waals surface area contributed by atoms with E-state index in [-0.39, 0.29) is 24.2 Å². The smallest absolute Gasteiger partial charge is 0.309 e. The topological polar surface area (TPSA) is 90.7 Å². The molecule has 0 fully saturated rings. The molecule has 0 saturated heterocycles. The molecule has 0 aliphatic heterocycles. The zero-order valence-corrected chi connectivity index (χ0v) is 19.5. The highest BCUT2D eigenvalue weighted by molar-refractivity contribution is 5.93. The van der Waals surface area contributed by atoms with E-state index in [0.29, 0.717) is 48.2 Å². The lowest BCUT2D eigenvalue weighted by molar-refractivity contribution is -0.148. The van der Waals surface area contributed by atoms with Gasteiger partial charge in [0.2, 0.25) is 11.8 Å². The maximum atomic E-state index is 12.8. The van der Waals surface area contributed by atoms with Crippen LogP contribution in [0.25, 0.3) is 11.5 Å². The van der Waals surface area contributed by atoms with E-state index in [9.17, 15) is 9.59 Å². The summed E-state index contributed by atoms with van der Waals surface area (Å²) in [5, 5.41) is 2.91. The van der Waals surface area contributed by atoms with Gasteiger partial charge in [-0.15, -0.1) is 0 Å². The Morgan fingerprint density at radius 2 is 1.88 bits per heavy atom. The molecule has 0 saturated carbocycles. The summed E-state index contributed by atoms with van der Waals surface area (Å²) >= 11 is 0. The zero-order valence-electron chi connectivity index (χ0n) is 19.5. The van der Waals surface area contributed by atoms with Crippen LogP contribution in [0.3, 0.4) is 0 Å². The number of carbonyl (C=O) groups excluding carboxylic acids is 2. The standard InChI is InChI=1S/C26H30N2O5/c1-5-19(26(30)32-6-2)14-18-12-13-23(31-4)22(15-18)27-24(29)16-21-17(3)33-25(28-21)20-10-8-7-9-11-20/h7-13,15,19H,5-6,14,16H2,1-4H3,(H,27,29). The van der Waals surface area contributed by atoms with Crippen molar-refractivity contribution in [1.29, 1.82) is 0 Å². The molecule has 0 radical (unpaired) electrons. The molecule has 3 aromatic rings. The van der Waals surface area contributed by atoms with E-state index >= 15 is 0 Å². The molecule has 0 bridgehead atoms. The van der Waals surface area contributed by atoms with Crippen molar-refractivity contribution in [3.8, 4) is 17.2 Å². The summed E-state index contributed by atoms with van der Waals surface area (Å²) in [5.41, 5.74) is 2.89. The molecule has 174 valence electrons. The molecule has 0 aliphatic carbocycles. The summed E-state index contributed by atoms with van der Waals surface area (Å²) in [6.45, 7) is 5.90. The molecule has 33 heavy (non-hydrogen) atoms. The van der Waals surface area contributed by atoms with Crippen LogP contribution in [0.4, 0.5) is 5.69 Å². The van der Waals surface area contributed by atoms with Gasteiger partial charge < -0.3 is 19.2 Å². The van der Waals surface area contributed by atoms with Gasteiger partial charge in [-0.05, 0) is 56.5 Å². The normalized spacial score (nSPS) is 11.6. The van der Waals surface area contributed by atoms with Gasteiger partial charge in [-0.1, -0.05) is 31.2 Å². The molecule has 7 heteroatoms. The first kappa shape index (κ1) is 24.0. The van der Waals surface area contributed by atoms with Crippen molar-refractivity contribution in [2.45, 2.75) is 40.0 Å². The summed E-state index contributed by atoms with van der Waals surface area (Å²) in [5.74, 6) is 0.940. The predicted octanol–water partition coefficient (Wildman–Crippen LogP) is 4.97. The van der Waals surface area contributed by atoms with Crippen molar-refractivity contribution in [2.75, 3.05) is 19.0 Å². The van der Waals surface area contributed by atoms with E-state index in [1.54, 1.807) is 27.0 Å². The maximum absolute atomic E-state index is 12.8. The minimum absolute atomic E-state index is 0.0654. The largest absolute Gasteiger partial charge is 0.495 e. The van der Waals surface area contributed by atoms with Crippen LogP contribution in [-0.4, -0.2) is 30.6 Å². The molecule has 1 unspecified atom stereocenters. The van der Waals surface area contributed by atoms with Gasteiger partial charge in [0, 0.05) is 5.56 Å². The number of benzene rings is 2. The van der Waals surface area contributed by atoms with Crippen LogP contribution >= 0.6 is 0 Å². The number of nitrogens with one attached hydrogen (secondary N) is 1. The lowest BCUT2D eigenvalue weighted by Gasteiger charge is -2.16. The molecular weight excluding hydrogens is 420 g/mol. The Hall–Kier alpha value is -3.61. The lowest BCUT2D eigenvalue weighted by Crippen LogP contribution is -2.20.